The van der Waals surface area contributed by atoms with E-state index < -0.39 is 0 Å². The van der Waals surface area contributed by atoms with Gasteiger partial charge in [-0.3, -0.25) is 4.79 Å². The molecule has 5 rings (SSSR count). The Balaban J connectivity index is 1.24. The third kappa shape index (κ3) is 3.76. The second-order valence-corrected chi connectivity index (χ2v) is 8.04. The number of anilines is 1. The van der Waals surface area contributed by atoms with Gasteiger partial charge in [0.25, 0.3) is 5.91 Å². The van der Waals surface area contributed by atoms with E-state index in [1.54, 1.807) is 6.21 Å². The molecule has 6 nitrogen and oxygen atoms in total. The van der Waals surface area contributed by atoms with Gasteiger partial charge >= 0.3 is 0 Å². The van der Waals surface area contributed by atoms with Crippen molar-refractivity contribution in [3.63, 3.8) is 0 Å². The number of hydrazone groups is 1. The van der Waals surface area contributed by atoms with E-state index in [9.17, 15) is 4.79 Å². The van der Waals surface area contributed by atoms with E-state index in [-0.39, 0.29) is 12.7 Å². The fourth-order valence-corrected chi connectivity index (χ4v) is 3.86. The minimum Gasteiger partial charge on any atom is -0.454 e. The summed E-state index contributed by atoms with van der Waals surface area (Å²) in [5.74, 6) is 1.16. The van der Waals surface area contributed by atoms with E-state index in [1.165, 1.54) is 5.56 Å². The topological polar surface area (TPSA) is 63.2 Å². The van der Waals surface area contributed by atoms with Crippen LogP contribution in [0.1, 0.15) is 27.0 Å². The molecule has 0 atom stereocenters. The van der Waals surface area contributed by atoms with Crippen LogP contribution in [-0.4, -0.2) is 18.9 Å². The van der Waals surface area contributed by atoms with E-state index in [2.05, 4.69) is 43.5 Å². The van der Waals surface area contributed by atoms with Crippen molar-refractivity contribution in [1.29, 1.82) is 0 Å². The monoisotopic (exact) mass is 463 g/mol. The van der Waals surface area contributed by atoms with E-state index in [1.807, 2.05) is 48.5 Å². The molecule has 0 bridgehead atoms. The summed E-state index contributed by atoms with van der Waals surface area (Å²) in [6.07, 6.45) is 1.59. The third-order valence-corrected chi connectivity index (χ3v) is 5.69. The van der Waals surface area contributed by atoms with Crippen LogP contribution in [0, 0.1) is 0 Å². The highest BCUT2D eigenvalue weighted by atomic mass is 79.9. The molecule has 1 amide bonds. The van der Waals surface area contributed by atoms with Crippen LogP contribution in [-0.2, 0) is 13.1 Å². The maximum atomic E-state index is 12.5. The normalized spacial score (nSPS) is 14.2. The summed E-state index contributed by atoms with van der Waals surface area (Å²) in [6.45, 7) is 1.84. The third-order valence-electron chi connectivity index (χ3n) is 5.16. The summed E-state index contributed by atoms with van der Waals surface area (Å²) in [6, 6.07) is 19.6. The fraction of sp³-hybridized carbons (Fsp3) is 0.130. The lowest BCUT2D eigenvalue weighted by molar-refractivity contribution is 0.0955. The Morgan fingerprint density at radius 1 is 0.967 bits per heavy atom. The number of nitrogens with one attached hydrogen (secondary N) is 1. The SMILES string of the molecule is O=C(NN=Cc1ccc2c(c1)OCO2)c1ccc2c(c1)CN(c1ccc(Br)cc1)C2. The van der Waals surface area contributed by atoms with Crippen LogP contribution < -0.4 is 19.8 Å². The van der Waals surface area contributed by atoms with Crippen LogP contribution in [0.4, 0.5) is 5.69 Å². The van der Waals surface area contributed by atoms with Crippen LogP contribution in [0.15, 0.2) is 70.2 Å². The van der Waals surface area contributed by atoms with Crippen LogP contribution in [0.3, 0.4) is 0 Å². The molecule has 3 aromatic rings. The van der Waals surface area contributed by atoms with Crippen molar-refractivity contribution in [2.24, 2.45) is 5.10 Å². The molecule has 0 unspecified atom stereocenters. The molecule has 0 saturated carbocycles. The van der Waals surface area contributed by atoms with Gasteiger partial charge in [0.2, 0.25) is 6.79 Å². The first kappa shape index (κ1) is 18.7. The standard InChI is InChI=1S/C23H18BrN3O3/c24-19-4-6-20(7-5-19)27-12-17-3-2-16(10-18(17)13-27)23(28)26-25-11-15-1-8-21-22(9-15)30-14-29-21/h1-11H,12-14H2,(H,26,28). The lowest BCUT2D eigenvalue weighted by Gasteiger charge is -2.17. The zero-order chi connectivity index (χ0) is 20.5. The number of carbonyl (C=O) groups is 1. The summed E-state index contributed by atoms with van der Waals surface area (Å²) in [4.78, 5) is 14.8. The average molecular weight is 464 g/mol. The summed E-state index contributed by atoms with van der Waals surface area (Å²) < 4.78 is 11.7. The van der Waals surface area contributed by atoms with Crippen molar-refractivity contribution < 1.29 is 14.3 Å². The minimum absolute atomic E-state index is 0.226. The Morgan fingerprint density at radius 3 is 2.63 bits per heavy atom. The summed E-state index contributed by atoms with van der Waals surface area (Å²) >= 11 is 3.47. The Bertz CT molecular complexity index is 1140. The zero-order valence-electron chi connectivity index (χ0n) is 16.0. The second kappa shape index (κ2) is 7.84. The number of ether oxygens (including phenoxy) is 2. The van der Waals surface area contributed by atoms with Crippen molar-refractivity contribution in [3.8, 4) is 11.5 Å². The molecular formula is C23H18BrN3O3. The van der Waals surface area contributed by atoms with Gasteiger partial charge < -0.3 is 14.4 Å². The Kier molecular flexibility index (Phi) is 4.88. The average Bonchev–Trinajstić information content (AvgIpc) is 3.40. The van der Waals surface area contributed by atoms with Gasteiger partial charge in [-0.05, 0) is 71.3 Å². The first-order valence-electron chi connectivity index (χ1n) is 9.51. The van der Waals surface area contributed by atoms with Crippen molar-refractivity contribution in [2.45, 2.75) is 13.1 Å². The lowest BCUT2D eigenvalue weighted by atomic mass is 10.1. The van der Waals surface area contributed by atoms with Gasteiger partial charge in [-0.2, -0.15) is 5.10 Å². The molecule has 0 aliphatic carbocycles. The predicted molar refractivity (Wildman–Crippen MR) is 118 cm³/mol. The molecule has 0 spiro atoms. The van der Waals surface area contributed by atoms with Gasteiger partial charge in [0.05, 0.1) is 6.21 Å². The van der Waals surface area contributed by atoms with Gasteiger partial charge in [-0.15, -0.1) is 0 Å². The number of rotatable bonds is 4. The molecular weight excluding hydrogens is 446 g/mol. The number of carbonyl (C=O) groups excluding carboxylic acids is 1. The number of amides is 1. The Labute approximate surface area is 182 Å². The number of hydrogen-bond acceptors (Lipinski definition) is 5. The molecule has 30 heavy (non-hydrogen) atoms. The van der Waals surface area contributed by atoms with E-state index in [0.29, 0.717) is 17.1 Å². The molecule has 3 aromatic carbocycles. The van der Waals surface area contributed by atoms with Crippen LogP contribution in [0.5, 0.6) is 11.5 Å². The van der Waals surface area contributed by atoms with Crippen molar-refractivity contribution in [1.82, 2.24) is 5.43 Å². The number of hydrogen-bond donors (Lipinski definition) is 1. The number of halogens is 1. The van der Waals surface area contributed by atoms with Gasteiger partial charge in [0.15, 0.2) is 11.5 Å². The first-order valence-corrected chi connectivity index (χ1v) is 10.3. The Hall–Kier alpha value is -3.32. The quantitative estimate of drug-likeness (QED) is 0.458. The van der Waals surface area contributed by atoms with Crippen LogP contribution in [0.25, 0.3) is 0 Å². The summed E-state index contributed by atoms with van der Waals surface area (Å²) in [5, 5.41) is 4.07. The molecule has 0 saturated heterocycles. The smallest absolute Gasteiger partial charge is 0.271 e. The molecule has 1 N–H and O–H groups in total. The number of fused-ring (bicyclic) bond motifs is 2. The molecule has 2 heterocycles. The van der Waals surface area contributed by atoms with Crippen molar-refractivity contribution in [2.75, 3.05) is 11.7 Å². The highest BCUT2D eigenvalue weighted by molar-refractivity contribution is 9.10. The van der Waals surface area contributed by atoms with Crippen LogP contribution >= 0.6 is 15.9 Å². The van der Waals surface area contributed by atoms with E-state index in [0.717, 1.165) is 34.4 Å². The number of nitrogens with zero attached hydrogens (tertiary/aromatic N) is 2. The van der Waals surface area contributed by atoms with E-state index in [4.69, 9.17) is 9.47 Å². The van der Waals surface area contributed by atoms with Gasteiger partial charge in [0, 0.05) is 28.8 Å². The van der Waals surface area contributed by atoms with Gasteiger partial charge in [0.1, 0.15) is 0 Å². The molecule has 150 valence electrons. The maximum absolute atomic E-state index is 12.5. The molecule has 0 aromatic heterocycles. The number of benzene rings is 3. The largest absolute Gasteiger partial charge is 0.454 e. The lowest BCUT2D eigenvalue weighted by Crippen LogP contribution is -2.17. The van der Waals surface area contributed by atoms with Gasteiger partial charge in [-0.1, -0.05) is 22.0 Å². The van der Waals surface area contributed by atoms with Gasteiger partial charge in [-0.25, -0.2) is 5.43 Å². The molecule has 0 fully saturated rings. The van der Waals surface area contributed by atoms with E-state index >= 15 is 0 Å². The maximum Gasteiger partial charge on any atom is 0.271 e. The summed E-state index contributed by atoms with van der Waals surface area (Å²) in [7, 11) is 0. The van der Waals surface area contributed by atoms with Crippen molar-refractivity contribution >= 4 is 33.7 Å². The highest BCUT2D eigenvalue weighted by Crippen LogP contribution is 2.32. The molecule has 2 aliphatic rings. The van der Waals surface area contributed by atoms with Crippen LogP contribution in [0.2, 0.25) is 0 Å². The predicted octanol–water partition coefficient (Wildman–Crippen LogP) is 4.46. The second-order valence-electron chi connectivity index (χ2n) is 7.13. The summed E-state index contributed by atoms with van der Waals surface area (Å²) in [5.41, 5.74) is 7.56. The Morgan fingerprint density at radius 2 is 1.77 bits per heavy atom. The zero-order valence-corrected chi connectivity index (χ0v) is 17.6. The fourth-order valence-electron chi connectivity index (χ4n) is 3.59. The highest BCUT2D eigenvalue weighted by Gasteiger charge is 2.20. The molecule has 0 radical (unpaired) electrons. The minimum atomic E-state index is -0.239. The first-order chi connectivity index (χ1) is 14.7. The molecule has 2 aliphatic heterocycles. The van der Waals surface area contributed by atoms with Crippen molar-refractivity contribution in [3.05, 3.63) is 87.4 Å². The molecule has 7 heteroatoms.